The van der Waals surface area contributed by atoms with Crippen LogP contribution in [0.5, 0.6) is 0 Å². The fraction of sp³-hybridized carbons (Fsp3) is 0.619. The minimum Gasteiger partial charge on any atom is -0.460 e. The first-order chi connectivity index (χ1) is 13.1. The molecule has 8 heteroatoms. The topological polar surface area (TPSA) is 105 Å². The van der Waals surface area contributed by atoms with Crippen LogP contribution >= 0.6 is 7.37 Å². The largest absolute Gasteiger partial charge is 0.460 e. The molecule has 29 heavy (non-hydrogen) atoms. The Morgan fingerprint density at radius 1 is 1.00 bits per heavy atom. The predicted molar refractivity (Wildman–Crippen MR) is 114 cm³/mol. The van der Waals surface area contributed by atoms with Gasteiger partial charge >= 0.3 is 11.9 Å². The Hall–Kier alpha value is -1.85. The monoisotopic (exact) mass is 427 g/mol. The van der Waals surface area contributed by atoms with Gasteiger partial charge in [0.05, 0.1) is 5.92 Å². The number of benzene rings is 1. The number of nitrogen functional groups attached to an aromatic ring is 1. The van der Waals surface area contributed by atoms with Crippen LogP contribution in [0.4, 0.5) is 5.69 Å². The van der Waals surface area contributed by atoms with E-state index >= 15 is 0 Å². The zero-order valence-corrected chi connectivity index (χ0v) is 19.4. The molecule has 164 valence electrons. The van der Waals surface area contributed by atoms with Crippen LogP contribution < -0.4 is 11.0 Å². The Labute approximate surface area is 173 Å². The number of hydrogen-bond donors (Lipinski definition) is 1. The van der Waals surface area contributed by atoms with E-state index in [9.17, 15) is 14.2 Å². The third-order valence-electron chi connectivity index (χ3n) is 3.90. The number of esters is 2. The van der Waals surface area contributed by atoms with Gasteiger partial charge in [-0.2, -0.15) is 0 Å². The maximum atomic E-state index is 13.5. The Kier molecular flexibility index (Phi) is 8.48. The highest BCUT2D eigenvalue weighted by atomic mass is 31.2. The van der Waals surface area contributed by atoms with Crippen molar-refractivity contribution in [2.24, 2.45) is 5.92 Å². The standard InChI is InChI=1S/C21H34NO6P/c1-20(2,3)27-18(23)13-8-15(19(24)28-21(4,5)6)14-29(25,26-7)17-11-9-16(22)10-12-17/h9-12,15H,8,13-14,22H2,1-7H3. The van der Waals surface area contributed by atoms with Crippen molar-refractivity contribution >= 4 is 30.3 Å². The second kappa shape index (κ2) is 9.77. The number of hydrogen-bond acceptors (Lipinski definition) is 7. The molecule has 2 atom stereocenters. The van der Waals surface area contributed by atoms with Gasteiger partial charge in [0.15, 0.2) is 0 Å². The SMILES string of the molecule is COP(=O)(CC(CCC(=O)OC(C)(C)C)C(=O)OC(C)(C)C)c1ccc(N)cc1. The van der Waals surface area contributed by atoms with Crippen molar-refractivity contribution < 1.29 is 28.2 Å². The van der Waals surface area contributed by atoms with Crippen LogP contribution in [0.25, 0.3) is 0 Å². The summed E-state index contributed by atoms with van der Waals surface area (Å²) in [6, 6.07) is 6.51. The lowest BCUT2D eigenvalue weighted by atomic mass is 10.0. The Morgan fingerprint density at radius 3 is 1.97 bits per heavy atom. The molecule has 0 radical (unpaired) electrons. The normalized spacial score (nSPS) is 15.3. The fourth-order valence-electron chi connectivity index (χ4n) is 2.63. The van der Waals surface area contributed by atoms with Gasteiger partial charge in [0.1, 0.15) is 11.2 Å². The average Bonchev–Trinajstić information content (AvgIpc) is 2.55. The molecule has 2 unspecified atom stereocenters. The minimum atomic E-state index is -3.36. The second-order valence-electron chi connectivity index (χ2n) is 8.99. The molecule has 0 bridgehead atoms. The van der Waals surface area contributed by atoms with Crippen LogP contribution in [0.1, 0.15) is 54.4 Å². The van der Waals surface area contributed by atoms with E-state index in [1.807, 2.05) is 0 Å². The van der Waals surface area contributed by atoms with Gasteiger partial charge in [-0.1, -0.05) is 0 Å². The molecule has 0 heterocycles. The van der Waals surface area contributed by atoms with Crippen molar-refractivity contribution in [1.29, 1.82) is 0 Å². The maximum absolute atomic E-state index is 13.5. The summed E-state index contributed by atoms with van der Waals surface area (Å²) in [6.07, 6.45) is 0.0733. The Balaban J connectivity index is 3.05. The van der Waals surface area contributed by atoms with E-state index < -0.39 is 36.4 Å². The molecule has 0 fully saturated rings. The van der Waals surface area contributed by atoms with Crippen LogP contribution in [-0.4, -0.2) is 36.4 Å². The Bertz CT molecular complexity index is 746. The van der Waals surface area contributed by atoms with E-state index in [0.29, 0.717) is 11.0 Å². The lowest BCUT2D eigenvalue weighted by Crippen LogP contribution is -2.32. The number of anilines is 1. The van der Waals surface area contributed by atoms with Gasteiger partial charge in [-0.25, -0.2) is 0 Å². The number of rotatable bonds is 8. The molecule has 0 aromatic heterocycles. The summed E-state index contributed by atoms with van der Waals surface area (Å²) in [5.74, 6) is -1.73. The van der Waals surface area contributed by atoms with Crippen LogP contribution in [0.15, 0.2) is 24.3 Å². The minimum absolute atomic E-state index is 0.00658. The smallest absolute Gasteiger partial charge is 0.310 e. The summed E-state index contributed by atoms with van der Waals surface area (Å²) < 4.78 is 29.6. The van der Waals surface area contributed by atoms with Crippen molar-refractivity contribution in [2.75, 3.05) is 19.0 Å². The molecule has 2 N–H and O–H groups in total. The molecule has 0 spiro atoms. The highest BCUT2D eigenvalue weighted by molar-refractivity contribution is 7.67. The summed E-state index contributed by atoms with van der Waals surface area (Å²) in [5.41, 5.74) is 4.91. The van der Waals surface area contributed by atoms with Gasteiger partial charge in [-0.05, 0) is 72.2 Å². The van der Waals surface area contributed by atoms with Gasteiger partial charge < -0.3 is 19.7 Å². The van der Waals surface area contributed by atoms with E-state index in [1.54, 1.807) is 65.8 Å². The number of ether oxygens (including phenoxy) is 2. The van der Waals surface area contributed by atoms with Crippen molar-refractivity contribution in [3.8, 4) is 0 Å². The molecule has 1 aromatic carbocycles. The van der Waals surface area contributed by atoms with Crippen LogP contribution in [0.2, 0.25) is 0 Å². The molecule has 0 aliphatic heterocycles. The van der Waals surface area contributed by atoms with Gasteiger partial charge in [0.2, 0.25) is 7.37 Å². The summed E-state index contributed by atoms with van der Waals surface area (Å²) in [6.45, 7) is 10.6. The Morgan fingerprint density at radius 2 is 1.52 bits per heavy atom. The van der Waals surface area contributed by atoms with Crippen molar-refractivity contribution in [3.05, 3.63) is 24.3 Å². The van der Waals surface area contributed by atoms with E-state index in [1.165, 1.54) is 7.11 Å². The van der Waals surface area contributed by atoms with Crippen LogP contribution in [0.3, 0.4) is 0 Å². The molecule has 0 amide bonds. The van der Waals surface area contributed by atoms with Crippen molar-refractivity contribution in [2.45, 2.75) is 65.6 Å². The van der Waals surface area contributed by atoms with Gasteiger partial charge in [-0.15, -0.1) is 0 Å². The quantitative estimate of drug-likeness (QED) is 0.381. The predicted octanol–water partition coefficient (Wildman–Crippen LogP) is 3.90. The summed E-state index contributed by atoms with van der Waals surface area (Å²) in [5, 5.41) is 0.458. The lowest BCUT2D eigenvalue weighted by molar-refractivity contribution is -0.160. The highest BCUT2D eigenvalue weighted by Crippen LogP contribution is 2.47. The molecule has 1 aromatic rings. The molecule has 0 aliphatic carbocycles. The third-order valence-corrected chi connectivity index (χ3v) is 6.50. The van der Waals surface area contributed by atoms with E-state index in [-0.39, 0.29) is 19.0 Å². The van der Waals surface area contributed by atoms with E-state index in [0.717, 1.165) is 0 Å². The molecular weight excluding hydrogens is 393 g/mol. The molecule has 7 nitrogen and oxygen atoms in total. The molecule has 1 rings (SSSR count). The van der Waals surface area contributed by atoms with Gasteiger partial charge in [0, 0.05) is 30.7 Å². The lowest BCUT2D eigenvalue weighted by Gasteiger charge is -2.27. The number of carbonyl (C=O) groups excluding carboxylic acids is 2. The second-order valence-corrected chi connectivity index (χ2v) is 11.6. The highest BCUT2D eigenvalue weighted by Gasteiger charge is 2.35. The first-order valence-corrected chi connectivity index (χ1v) is 11.4. The molecule has 0 saturated carbocycles. The van der Waals surface area contributed by atoms with Crippen molar-refractivity contribution in [1.82, 2.24) is 0 Å². The van der Waals surface area contributed by atoms with Gasteiger partial charge in [-0.3, -0.25) is 14.2 Å². The first kappa shape index (κ1) is 25.2. The van der Waals surface area contributed by atoms with E-state index in [4.69, 9.17) is 19.7 Å². The van der Waals surface area contributed by atoms with E-state index in [2.05, 4.69) is 0 Å². The number of nitrogens with two attached hydrogens (primary N) is 1. The van der Waals surface area contributed by atoms with Crippen LogP contribution in [-0.2, 0) is 28.2 Å². The average molecular weight is 427 g/mol. The summed E-state index contributed by atoms with van der Waals surface area (Å²) in [4.78, 5) is 24.9. The number of carbonyl (C=O) groups is 2. The summed E-state index contributed by atoms with van der Waals surface area (Å²) in [7, 11) is -2.01. The zero-order valence-electron chi connectivity index (χ0n) is 18.5. The first-order valence-electron chi connectivity index (χ1n) is 9.61. The summed E-state index contributed by atoms with van der Waals surface area (Å²) >= 11 is 0. The maximum Gasteiger partial charge on any atom is 0.310 e. The van der Waals surface area contributed by atoms with Crippen LogP contribution in [0, 0.1) is 5.92 Å². The molecule has 0 saturated heterocycles. The molecular formula is C21H34NO6P. The zero-order chi connectivity index (χ0) is 22.5. The van der Waals surface area contributed by atoms with Crippen molar-refractivity contribution in [3.63, 3.8) is 0 Å². The fourth-order valence-corrected chi connectivity index (χ4v) is 4.72. The third kappa shape index (κ3) is 9.01. The molecule has 0 aliphatic rings. The van der Waals surface area contributed by atoms with Gasteiger partial charge in [0.25, 0.3) is 0 Å².